The minimum atomic E-state index is 0.725. The highest BCUT2D eigenvalue weighted by atomic mass is 32.2. The Balaban J connectivity index is 2.10. The molecular weight excluding hydrogens is 252 g/mol. The minimum Gasteiger partial charge on any atom is -0.399 e. The van der Waals surface area contributed by atoms with Gasteiger partial charge in [-0.15, -0.1) is 0 Å². The highest BCUT2D eigenvalue weighted by molar-refractivity contribution is 8.01. The first-order valence-electron chi connectivity index (χ1n) is 4.92. The van der Waals surface area contributed by atoms with Crippen LogP contribution in [-0.4, -0.2) is 14.3 Å². The number of aromatic nitrogens is 3. The number of anilines is 1. The average molecular weight is 260 g/mol. The van der Waals surface area contributed by atoms with E-state index in [4.69, 9.17) is 5.73 Å². The lowest BCUT2D eigenvalue weighted by Crippen LogP contribution is -1.87. The first-order chi connectivity index (χ1) is 8.33. The van der Waals surface area contributed by atoms with E-state index in [0.717, 1.165) is 25.8 Å². The number of fused-ring (bicyclic) bond motifs is 1. The molecule has 0 aliphatic rings. The Morgan fingerprint density at radius 1 is 1.18 bits per heavy atom. The van der Waals surface area contributed by atoms with Crippen LogP contribution in [0.1, 0.15) is 0 Å². The lowest BCUT2D eigenvalue weighted by molar-refractivity contribution is 1.21. The van der Waals surface area contributed by atoms with E-state index in [2.05, 4.69) is 14.3 Å². The normalized spacial score (nSPS) is 10.8. The summed E-state index contributed by atoms with van der Waals surface area (Å²) in [4.78, 5) is 9.58. The van der Waals surface area contributed by atoms with Crippen molar-refractivity contribution in [3.8, 4) is 0 Å². The summed E-state index contributed by atoms with van der Waals surface area (Å²) >= 11 is 2.98. The predicted molar refractivity (Wildman–Crippen MR) is 70.2 cm³/mol. The topological polar surface area (TPSA) is 64.7 Å². The van der Waals surface area contributed by atoms with Crippen molar-refractivity contribution in [3.63, 3.8) is 0 Å². The maximum atomic E-state index is 5.74. The van der Waals surface area contributed by atoms with Crippen LogP contribution in [0.3, 0.4) is 0 Å². The number of rotatable bonds is 2. The van der Waals surface area contributed by atoms with Crippen molar-refractivity contribution in [2.24, 2.45) is 0 Å². The van der Waals surface area contributed by atoms with Crippen molar-refractivity contribution in [3.05, 3.63) is 36.8 Å². The van der Waals surface area contributed by atoms with Crippen LogP contribution in [0.2, 0.25) is 0 Å². The van der Waals surface area contributed by atoms with Crippen LogP contribution in [-0.2, 0) is 0 Å². The van der Waals surface area contributed by atoms with Crippen molar-refractivity contribution in [2.45, 2.75) is 9.24 Å². The second kappa shape index (κ2) is 4.31. The lowest BCUT2D eigenvalue weighted by Gasteiger charge is -2.03. The van der Waals surface area contributed by atoms with Crippen LogP contribution < -0.4 is 5.73 Å². The largest absolute Gasteiger partial charge is 0.399 e. The average Bonchev–Trinajstić information content (AvgIpc) is 2.82. The zero-order valence-electron chi connectivity index (χ0n) is 8.70. The molecule has 2 N–H and O–H groups in total. The van der Waals surface area contributed by atoms with Crippen LogP contribution in [0, 0.1) is 0 Å². The number of pyridine rings is 1. The van der Waals surface area contributed by atoms with Gasteiger partial charge in [0.15, 0.2) is 4.34 Å². The molecule has 2 heterocycles. The van der Waals surface area contributed by atoms with Crippen LogP contribution in [0.4, 0.5) is 5.69 Å². The fourth-order valence-corrected chi connectivity index (χ4v) is 3.06. The molecule has 3 aromatic rings. The van der Waals surface area contributed by atoms with E-state index in [0.29, 0.717) is 0 Å². The molecule has 4 nitrogen and oxygen atoms in total. The fourth-order valence-electron chi connectivity index (χ4n) is 1.53. The smallest absolute Gasteiger partial charge is 0.174 e. The van der Waals surface area contributed by atoms with Crippen LogP contribution in [0.5, 0.6) is 0 Å². The van der Waals surface area contributed by atoms with Crippen molar-refractivity contribution >= 4 is 39.9 Å². The minimum absolute atomic E-state index is 0.725. The van der Waals surface area contributed by atoms with E-state index in [1.807, 2.05) is 24.3 Å². The molecule has 0 aliphatic carbocycles. The van der Waals surface area contributed by atoms with E-state index >= 15 is 0 Å². The zero-order chi connectivity index (χ0) is 11.7. The van der Waals surface area contributed by atoms with Crippen molar-refractivity contribution in [2.75, 3.05) is 5.73 Å². The number of nitrogens with two attached hydrogens (primary N) is 1. The van der Waals surface area contributed by atoms with Gasteiger partial charge in [0.05, 0.1) is 5.52 Å². The van der Waals surface area contributed by atoms with Gasteiger partial charge in [0.2, 0.25) is 0 Å². The summed E-state index contributed by atoms with van der Waals surface area (Å²) in [5, 5.41) is 1.09. The molecule has 2 aromatic heterocycles. The molecule has 0 amide bonds. The third kappa shape index (κ3) is 2.09. The Bertz CT molecular complexity index is 652. The summed E-state index contributed by atoms with van der Waals surface area (Å²) in [6, 6.07) is 7.72. The first-order valence-corrected chi connectivity index (χ1v) is 6.51. The van der Waals surface area contributed by atoms with Crippen LogP contribution in [0.25, 0.3) is 10.9 Å². The van der Waals surface area contributed by atoms with Crippen molar-refractivity contribution in [1.82, 2.24) is 14.3 Å². The van der Waals surface area contributed by atoms with E-state index in [-0.39, 0.29) is 0 Å². The van der Waals surface area contributed by atoms with Crippen LogP contribution in [0.15, 0.2) is 46.0 Å². The van der Waals surface area contributed by atoms with Gasteiger partial charge >= 0.3 is 0 Å². The summed E-state index contributed by atoms with van der Waals surface area (Å²) < 4.78 is 4.91. The Labute approximate surface area is 106 Å². The lowest BCUT2D eigenvalue weighted by atomic mass is 10.2. The Morgan fingerprint density at radius 2 is 2.12 bits per heavy atom. The molecule has 6 heteroatoms. The molecule has 1 aromatic carbocycles. The van der Waals surface area contributed by atoms with Gasteiger partial charge in [0.25, 0.3) is 0 Å². The fraction of sp³-hybridized carbons (Fsp3) is 0. The molecule has 0 spiro atoms. The molecular formula is C11H8N4S2. The molecule has 0 bridgehead atoms. The van der Waals surface area contributed by atoms with Gasteiger partial charge in [-0.2, -0.15) is 4.37 Å². The summed E-state index contributed by atoms with van der Waals surface area (Å²) in [5.74, 6) is 0. The number of benzene rings is 1. The monoisotopic (exact) mass is 260 g/mol. The summed E-state index contributed by atoms with van der Waals surface area (Å²) in [6.45, 7) is 0. The highest BCUT2D eigenvalue weighted by Gasteiger charge is 2.06. The van der Waals surface area contributed by atoms with Gasteiger partial charge in [-0.25, -0.2) is 4.98 Å². The molecule has 0 radical (unpaired) electrons. The molecule has 0 unspecified atom stereocenters. The number of nitrogen functional groups attached to an aromatic ring is 1. The summed E-state index contributed by atoms with van der Waals surface area (Å²) in [6.07, 6.45) is 3.35. The quantitative estimate of drug-likeness (QED) is 0.718. The SMILES string of the molecule is Nc1ccc2c(Sc3ncns3)ccnc2c1. The van der Waals surface area contributed by atoms with Crippen molar-refractivity contribution < 1.29 is 0 Å². The molecule has 0 aliphatic heterocycles. The first kappa shape index (κ1) is 10.5. The van der Waals surface area contributed by atoms with Gasteiger partial charge in [-0.1, -0.05) is 11.8 Å². The number of hydrogen-bond donors (Lipinski definition) is 1. The number of hydrogen-bond acceptors (Lipinski definition) is 6. The van der Waals surface area contributed by atoms with Gasteiger partial charge in [-0.3, -0.25) is 4.98 Å². The highest BCUT2D eigenvalue weighted by Crippen LogP contribution is 2.33. The predicted octanol–water partition coefficient (Wildman–Crippen LogP) is 2.82. The zero-order valence-corrected chi connectivity index (χ0v) is 10.3. The number of nitrogens with zero attached hydrogens (tertiary/aromatic N) is 3. The maximum absolute atomic E-state index is 5.74. The Kier molecular flexibility index (Phi) is 2.66. The van der Waals surface area contributed by atoms with E-state index in [1.54, 1.807) is 24.3 Å². The van der Waals surface area contributed by atoms with Gasteiger partial charge in [0.1, 0.15) is 6.33 Å². The van der Waals surface area contributed by atoms with E-state index in [9.17, 15) is 0 Å². The second-order valence-electron chi connectivity index (χ2n) is 3.39. The second-order valence-corrected chi connectivity index (χ2v) is 5.46. The molecule has 0 saturated heterocycles. The third-order valence-corrected chi connectivity index (χ3v) is 4.06. The molecule has 0 saturated carbocycles. The van der Waals surface area contributed by atoms with Crippen LogP contribution >= 0.6 is 23.3 Å². The standard InChI is InChI=1S/C11H8N4S2/c12-7-1-2-8-9(5-7)13-4-3-10(8)16-11-14-6-15-17-11/h1-6H,12H2. The molecule has 17 heavy (non-hydrogen) atoms. The van der Waals surface area contributed by atoms with Gasteiger partial charge in [-0.05, 0) is 35.8 Å². The Morgan fingerprint density at radius 3 is 2.94 bits per heavy atom. The van der Waals surface area contributed by atoms with Crippen molar-refractivity contribution in [1.29, 1.82) is 0 Å². The third-order valence-electron chi connectivity index (χ3n) is 2.27. The van der Waals surface area contributed by atoms with E-state index < -0.39 is 0 Å². The Hall–Kier alpha value is -1.66. The maximum Gasteiger partial charge on any atom is 0.174 e. The van der Waals surface area contributed by atoms with Gasteiger partial charge in [0, 0.05) is 22.2 Å². The summed E-state index contributed by atoms with van der Waals surface area (Å²) in [7, 11) is 0. The molecule has 0 fully saturated rings. The molecule has 0 atom stereocenters. The van der Waals surface area contributed by atoms with Gasteiger partial charge < -0.3 is 5.73 Å². The van der Waals surface area contributed by atoms with E-state index in [1.165, 1.54) is 11.5 Å². The summed E-state index contributed by atoms with van der Waals surface area (Å²) in [5.41, 5.74) is 7.37. The molecule has 3 rings (SSSR count). The molecule has 84 valence electrons.